The van der Waals surface area contributed by atoms with Crippen molar-refractivity contribution in [3.63, 3.8) is 0 Å². The van der Waals surface area contributed by atoms with Crippen LogP contribution in [-0.2, 0) is 11.2 Å². The van der Waals surface area contributed by atoms with Crippen LogP contribution in [0.5, 0.6) is 0 Å². The van der Waals surface area contributed by atoms with E-state index >= 15 is 0 Å². The van der Waals surface area contributed by atoms with Crippen molar-refractivity contribution in [2.45, 2.75) is 6.42 Å². The Balaban J connectivity index is 2.44. The molecule has 0 amide bonds. The molecule has 2 heterocycles. The van der Waals surface area contributed by atoms with Crippen LogP contribution in [0.15, 0.2) is 30.6 Å². The van der Waals surface area contributed by atoms with E-state index in [1.54, 1.807) is 16.9 Å². The van der Waals surface area contributed by atoms with Crippen LogP contribution < -0.4 is 0 Å². The van der Waals surface area contributed by atoms with Gasteiger partial charge in [0.15, 0.2) is 0 Å². The Morgan fingerprint density at radius 1 is 1.62 bits per heavy atom. The average molecular weight is 176 g/mol. The average Bonchev–Trinajstić information content (AvgIpc) is 2.44. The number of nitrogens with zero attached hydrogens (tertiary/aromatic N) is 2. The molecule has 0 bridgehead atoms. The standard InChI is InChI=1S/C9H8N2O2/c12-9(13)5-7-4-8-2-1-3-10-11(8)6-7/h1-4,6H,5H2,(H,12,13). The van der Waals surface area contributed by atoms with E-state index in [0.29, 0.717) is 0 Å². The minimum Gasteiger partial charge on any atom is -0.481 e. The van der Waals surface area contributed by atoms with E-state index in [9.17, 15) is 4.79 Å². The fraction of sp³-hybridized carbons (Fsp3) is 0.111. The Hall–Kier alpha value is -1.84. The Labute approximate surface area is 74.4 Å². The first-order chi connectivity index (χ1) is 6.25. The minimum atomic E-state index is -0.823. The molecule has 0 saturated heterocycles. The molecule has 2 aromatic heterocycles. The number of hydrogen-bond acceptors (Lipinski definition) is 2. The summed E-state index contributed by atoms with van der Waals surface area (Å²) in [5.41, 5.74) is 1.69. The van der Waals surface area contributed by atoms with Gasteiger partial charge >= 0.3 is 5.97 Å². The van der Waals surface area contributed by atoms with Gasteiger partial charge in [-0.05, 0) is 23.8 Å². The summed E-state index contributed by atoms with van der Waals surface area (Å²) in [6, 6.07) is 5.53. The number of carboxylic acid groups (broad SMARTS) is 1. The van der Waals surface area contributed by atoms with Crippen LogP contribution in [0.3, 0.4) is 0 Å². The molecule has 4 nitrogen and oxygen atoms in total. The lowest BCUT2D eigenvalue weighted by atomic mass is 10.2. The second-order valence-electron chi connectivity index (χ2n) is 2.81. The van der Waals surface area contributed by atoms with Crippen LogP contribution in [0.25, 0.3) is 5.52 Å². The first-order valence-corrected chi connectivity index (χ1v) is 3.90. The third kappa shape index (κ3) is 1.51. The van der Waals surface area contributed by atoms with Crippen molar-refractivity contribution < 1.29 is 9.90 Å². The monoisotopic (exact) mass is 176 g/mol. The van der Waals surface area contributed by atoms with E-state index in [4.69, 9.17) is 5.11 Å². The molecule has 0 spiro atoms. The van der Waals surface area contributed by atoms with Gasteiger partial charge in [0.25, 0.3) is 0 Å². The zero-order valence-corrected chi connectivity index (χ0v) is 6.84. The number of carbonyl (C=O) groups is 1. The van der Waals surface area contributed by atoms with Crippen molar-refractivity contribution in [2.75, 3.05) is 0 Å². The van der Waals surface area contributed by atoms with Crippen LogP contribution in [-0.4, -0.2) is 20.7 Å². The Bertz CT molecular complexity index is 415. The van der Waals surface area contributed by atoms with Gasteiger partial charge in [0.1, 0.15) is 0 Å². The molecule has 0 saturated carbocycles. The topological polar surface area (TPSA) is 54.6 Å². The minimum absolute atomic E-state index is 0.0450. The smallest absolute Gasteiger partial charge is 0.307 e. The summed E-state index contributed by atoms with van der Waals surface area (Å²) in [5.74, 6) is -0.823. The third-order valence-corrected chi connectivity index (χ3v) is 1.79. The molecule has 0 aliphatic carbocycles. The maximum atomic E-state index is 10.4. The highest BCUT2D eigenvalue weighted by atomic mass is 16.4. The number of carboxylic acids is 1. The molecule has 2 aromatic rings. The highest BCUT2D eigenvalue weighted by Crippen LogP contribution is 2.08. The van der Waals surface area contributed by atoms with Gasteiger partial charge in [-0.15, -0.1) is 0 Å². The maximum absolute atomic E-state index is 10.4. The van der Waals surface area contributed by atoms with E-state index in [-0.39, 0.29) is 6.42 Å². The lowest BCUT2D eigenvalue weighted by Gasteiger charge is -1.88. The van der Waals surface area contributed by atoms with E-state index < -0.39 is 5.97 Å². The number of aliphatic carboxylic acids is 1. The SMILES string of the molecule is O=C(O)Cc1cc2cccnn2c1. The molecule has 2 rings (SSSR count). The molecule has 0 aliphatic heterocycles. The molecule has 66 valence electrons. The van der Waals surface area contributed by atoms with Crippen molar-refractivity contribution in [2.24, 2.45) is 0 Å². The molecule has 0 aromatic carbocycles. The second-order valence-corrected chi connectivity index (χ2v) is 2.81. The lowest BCUT2D eigenvalue weighted by molar-refractivity contribution is -0.136. The van der Waals surface area contributed by atoms with Crippen LogP contribution >= 0.6 is 0 Å². The molecule has 4 heteroatoms. The van der Waals surface area contributed by atoms with Gasteiger partial charge in [0.2, 0.25) is 0 Å². The Morgan fingerprint density at radius 3 is 3.15 bits per heavy atom. The van der Waals surface area contributed by atoms with Crippen molar-refractivity contribution in [1.82, 2.24) is 9.61 Å². The van der Waals surface area contributed by atoms with Crippen molar-refractivity contribution in [3.05, 3.63) is 36.2 Å². The first kappa shape index (κ1) is 7.79. The molecule has 0 aliphatic rings. The van der Waals surface area contributed by atoms with Crippen LogP contribution in [0.2, 0.25) is 0 Å². The van der Waals surface area contributed by atoms with Gasteiger partial charge < -0.3 is 5.11 Å². The molecular formula is C9H8N2O2. The van der Waals surface area contributed by atoms with Gasteiger partial charge in [-0.3, -0.25) is 4.79 Å². The summed E-state index contributed by atoms with van der Waals surface area (Å²) < 4.78 is 1.66. The molecule has 0 atom stereocenters. The maximum Gasteiger partial charge on any atom is 0.307 e. The number of rotatable bonds is 2. The summed E-state index contributed by atoms with van der Waals surface area (Å²) in [6.45, 7) is 0. The summed E-state index contributed by atoms with van der Waals surface area (Å²) in [4.78, 5) is 10.4. The lowest BCUT2D eigenvalue weighted by Crippen LogP contribution is -1.98. The quantitative estimate of drug-likeness (QED) is 0.741. The predicted octanol–water partition coefficient (Wildman–Crippen LogP) is 0.961. The largest absolute Gasteiger partial charge is 0.481 e. The van der Waals surface area contributed by atoms with Gasteiger partial charge in [-0.1, -0.05) is 0 Å². The van der Waals surface area contributed by atoms with Crippen molar-refractivity contribution >= 4 is 11.5 Å². The number of hydrogen-bond donors (Lipinski definition) is 1. The van der Waals surface area contributed by atoms with E-state index in [1.165, 1.54) is 0 Å². The Morgan fingerprint density at radius 2 is 2.46 bits per heavy atom. The molecule has 0 fully saturated rings. The second kappa shape index (κ2) is 2.90. The highest BCUT2D eigenvalue weighted by Gasteiger charge is 2.03. The summed E-state index contributed by atoms with van der Waals surface area (Å²) >= 11 is 0. The Kier molecular flexibility index (Phi) is 1.73. The number of fused-ring (bicyclic) bond motifs is 1. The van der Waals surface area contributed by atoms with Crippen molar-refractivity contribution in [1.29, 1.82) is 0 Å². The third-order valence-electron chi connectivity index (χ3n) is 1.79. The van der Waals surface area contributed by atoms with Gasteiger partial charge in [0.05, 0.1) is 11.9 Å². The van der Waals surface area contributed by atoms with Crippen LogP contribution in [0, 0.1) is 0 Å². The number of aromatic nitrogens is 2. The van der Waals surface area contributed by atoms with Crippen molar-refractivity contribution in [3.8, 4) is 0 Å². The van der Waals surface area contributed by atoms with Gasteiger partial charge in [0, 0.05) is 12.4 Å². The van der Waals surface area contributed by atoms with Gasteiger partial charge in [-0.25, -0.2) is 4.52 Å². The normalized spacial score (nSPS) is 10.5. The molecule has 0 unspecified atom stereocenters. The predicted molar refractivity (Wildman–Crippen MR) is 46.5 cm³/mol. The molecule has 13 heavy (non-hydrogen) atoms. The van der Waals surface area contributed by atoms with Crippen LogP contribution in [0.1, 0.15) is 5.56 Å². The summed E-state index contributed by atoms with van der Waals surface area (Å²) in [5, 5.41) is 12.6. The molecule has 1 N–H and O–H groups in total. The first-order valence-electron chi connectivity index (χ1n) is 3.90. The van der Waals surface area contributed by atoms with E-state index in [2.05, 4.69) is 5.10 Å². The van der Waals surface area contributed by atoms with E-state index in [0.717, 1.165) is 11.1 Å². The highest BCUT2D eigenvalue weighted by molar-refractivity contribution is 5.71. The van der Waals surface area contributed by atoms with E-state index in [1.807, 2.05) is 18.2 Å². The fourth-order valence-electron chi connectivity index (χ4n) is 1.27. The zero-order chi connectivity index (χ0) is 9.26. The summed E-state index contributed by atoms with van der Waals surface area (Å²) in [6.07, 6.45) is 3.43. The van der Waals surface area contributed by atoms with Gasteiger partial charge in [-0.2, -0.15) is 5.10 Å². The molecule has 0 radical (unpaired) electrons. The zero-order valence-electron chi connectivity index (χ0n) is 6.84. The summed E-state index contributed by atoms with van der Waals surface area (Å²) in [7, 11) is 0. The fourth-order valence-corrected chi connectivity index (χ4v) is 1.27. The van der Waals surface area contributed by atoms with Crippen LogP contribution in [0.4, 0.5) is 0 Å². The molecular weight excluding hydrogens is 168 g/mol.